The number of rotatable bonds is 5. The van der Waals surface area contributed by atoms with Gasteiger partial charge in [-0.3, -0.25) is 9.69 Å². The number of carbonyl (C=O) groups is 2. The van der Waals surface area contributed by atoms with Gasteiger partial charge in [0.05, 0.1) is 23.8 Å². The maximum Gasteiger partial charge on any atom is 0.340 e. The molecule has 1 amide bonds. The Labute approximate surface area is 170 Å². The fourth-order valence-corrected chi connectivity index (χ4v) is 3.68. The maximum absolute atomic E-state index is 13.0. The monoisotopic (exact) mass is 394 g/mol. The number of nitriles is 1. The molecule has 7 heteroatoms. The van der Waals surface area contributed by atoms with E-state index in [1.54, 1.807) is 20.8 Å². The molecule has 29 heavy (non-hydrogen) atoms. The Balaban J connectivity index is 1.62. The highest BCUT2D eigenvalue weighted by Crippen LogP contribution is 2.21. The minimum Gasteiger partial charge on any atom is -0.462 e. The number of piperazine rings is 1. The van der Waals surface area contributed by atoms with Crippen LogP contribution >= 0.6 is 0 Å². The van der Waals surface area contributed by atoms with Crippen LogP contribution in [0, 0.1) is 25.2 Å². The Morgan fingerprint density at radius 2 is 1.79 bits per heavy atom. The molecule has 0 radical (unpaired) electrons. The van der Waals surface area contributed by atoms with Crippen molar-refractivity contribution < 1.29 is 14.3 Å². The topological polar surface area (TPSA) is 89.4 Å². The molecule has 1 aliphatic heterocycles. The summed E-state index contributed by atoms with van der Waals surface area (Å²) in [5, 5.41) is 8.89. The standard InChI is InChI=1S/C22H26N4O3/c1-4-29-22(28)19-15(2)20(24-16(19)3)21(27)26-11-9-25(10-12-26)14-18-7-5-17(13-23)6-8-18/h5-8,24H,4,9-12,14H2,1-3H3. The average molecular weight is 394 g/mol. The Bertz CT molecular complexity index is 932. The lowest BCUT2D eigenvalue weighted by atomic mass is 10.1. The minimum atomic E-state index is -0.398. The van der Waals surface area contributed by atoms with E-state index >= 15 is 0 Å². The molecular weight excluding hydrogens is 368 g/mol. The van der Waals surface area contributed by atoms with E-state index in [0.29, 0.717) is 47.8 Å². The lowest BCUT2D eigenvalue weighted by Crippen LogP contribution is -2.48. The number of ether oxygens (including phenoxy) is 1. The maximum atomic E-state index is 13.0. The number of nitrogens with one attached hydrogen (secondary N) is 1. The van der Waals surface area contributed by atoms with Crippen LogP contribution in [-0.4, -0.2) is 59.4 Å². The summed E-state index contributed by atoms with van der Waals surface area (Å²) in [7, 11) is 0. The number of esters is 1. The number of hydrogen-bond acceptors (Lipinski definition) is 5. The first kappa shape index (κ1) is 20.6. The van der Waals surface area contributed by atoms with Crippen molar-refractivity contribution in [1.29, 1.82) is 5.26 Å². The van der Waals surface area contributed by atoms with Gasteiger partial charge >= 0.3 is 5.97 Å². The molecule has 1 aliphatic rings. The first-order valence-electron chi connectivity index (χ1n) is 9.81. The summed E-state index contributed by atoms with van der Waals surface area (Å²) in [6.45, 7) is 9.22. The van der Waals surface area contributed by atoms with Crippen LogP contribution < -0.4 is 0 Å². The van der Waals surface area contributed by atoms with Crippen molar-refractivity contribution in [3.05, 3.63) is 57.9 Å². The van der Waals surface area contributed by atoms with Crippen molar-refractivity contribution in [1.82, 2.24) is 14.8 Å². The van der Waals surface area contributed by atoms with Gasteiger partial charge in [-0.15, -0.1) is 0 Å². The van der Waals surface area contributed by atoms with Crippen molar-refractivity contribution in [2.45, 2.75) is 27.3 Å². The summed E-state index contributed by atoms with van der Waals surface area (Å²) in [4.78, 5) is 32.4. The van der Waals surface area contributed by atoms with Crippen LogP contribution in [0.1, 0.15) is 50.2 Å². The predicted octanol–water partition coefficient (Wildman–Crippen LogP) is 2.64. The first-order chi connectivity index (χ1) is 13.9. The molecule has 2 aromatic rings. The van der Waals surface area contributed by atoms with E-state index in [2.05, 4.69) is 16.0 Å². The van der Waals surface area contributed by atoms with Gasteiger partial charge in [-0.1, -0.05) is 12.1 Å². The number of amides is 1. The van der Waals surface area contributed by atoms with Crippen LogP contribution in [0.15, 0.2) is 24.3 Å². The number of H-pyrrole nitrogens is 1. The van der Waals surface area contributed by atoms with Crippen LogP contribution in [0.3, 0.4) is 0 Å². The zero-order chi connectivity index (χ0) is 21.0. The number of benzene rings is 1. The van der Waals surface area contributed by atoms with E-state index in [-0.39, 0.29) is 5.91 Å². The molecular formula is C22H26N4O3. The van der Waals surface area contributed by atoms with Gasteiger partial charge in [-0.2, -0.15) is 5.26 Å². The number of carbonyl (C=O) groups excluding carboxylic acids is 2. The van der Waals surface area contributed by atoms with Crippen LogP contribution in [-0.2, 0) is 11.3 Å². The van der Waals surface area contributed by atoms with E-state index in [4.69, 9.17) is 10.00 Å². The second-order valence-corrected chi connectivity index (χ2v) is 7.22. The third-order valence-electron chi connectivity index (χ3n) is 5.28. The lowest BCUT2D eigenvalue weighted by Gasteiger charge is -2.34. The lowest BCUT2D eigenvalue weighted by molar-refractivity contribution is 0.0525. The van der Waals surface area contributed by atoms with Gasteiger partial charge in [0.25, 0.3) is 5.91 Å². The number of nitrogens with zero attached hydrogens (tertiary/aromatic N) is 3. The molecule has 1 fully saturated rings. The summed E-state index contributed by atoms with van der Waals surface area (Å²) in [5.74, 6) is -0.482. The molecule has 0 unspecified atom stereocenters. The van der Waals surface area contributed by atoms with Gasteiger partial charge in [0, 0.05) is 38.4 Å². The Kier molecular flexibility index (Phi) is 6.35. The second-order valence-electron chi connectivity index (χ2n) is 7.22. The first-order valence-corrected chi connectivity index (χ1v) is 9.81. The summed E-state index contributed by atoms with van der Waals surface area (Å²) >= 11 is 0. The third-order valence-corrected chi connectivity index (χ3v) is 5.28. The highest BCUT2D eigenvalue weighted by atomic mass is 16.5. The summed E-state index contributed by atoms with van der Waals surface area (Å²) in [6, 6.07) is 9.72. The fraction of sp³-hybridized carbons (Fsp3) is 0.409. The van der Waals surface area contributed by atoms with Crippen LogP contribution in [0.2, 0.25) is 0 Å². The van der Waals surface area contributed by atoms with Gasteiger partial charge in [-0.25, -0.2) is 4.79 Å². The molecule has 0 aliphatic carbocycles. The molecule has 0 atom stereocenters. The molecule has 1 saturated heterocycles. The van der Waals surface area contributed by atoms with E-state index in [1.165, 1.54) is 0 Å². The van der Waals surface area contributed by atoms with Crippen molar-refractivity contribution in [3.8, 4) is 6.07 Å². The Morgan fingerprint density at radius 1 is 1.14 bits per heavy atom. The van der Waals surface area contributed by atoms with Gasteiger partial charge < -0.3 is 14.6 Å². The molecule has 1 N–H and O–H groups in total. The van der Waals surface area contributed by atoms with Gasteiger partial charge in [0.2, 0.25) is 0 Å². The molecule has 152 valence electrons. The van der Waals surface area contributed by atoms with E-state index < -0.39 is 5.97 Å². The summed E-state index contributed by atoms with van der Waals surface area (Å²) < 4.78 is 5.11. The molecule has 3 rings (SSSR count). The quantitative estimate of drug-likeness (QED) is 0.788. The fourth-order valence-electron chi connectivity index (χ4n) is 3.68. The van der Waals surface area contributed by atoms with Crippen LogP contribution in [0.25, 0.3) is 0 Å². The number of aromatic nitrogens is 1. The summed E-state index contributed by atoms with van der Waals surface area (Å²) in [5.41, 5.74) is 4.03. The van der Waals surface area contributed by atoms with E-state index in [1.807, 2.05) is 29.2 Å². The Hall–Kier alpha value is -3.11. The molecule has 7 nitrogen and oxygen atoms in total. The molecule has 0 saturated carbocycles. The zero-order valence-electron chi connectivity index (χ0n) is 17.1. The van der Waals surface area contributed by atoms with Crippen molar-refractivity contribution >= 4 is 11.9 Å². The van der Waals surface area contributed by atoms with Crippen molar-refractivity contribution in [2.75, 3.05) is 32.8 Å². The van der Waals surface area contributed by atoms with Gasteiger partial charge in [-0.05, 0) is 44.0 Å². The predicted molar refractivity (Wildman–Crippen MR) is 109 cm³/mol. The van der Waals surface area contributed by atoms with Crippen LogP contribution in [0.4, 0.5) is 0 Å². The second kappa shape index (κ2) is 8.93. The average Bonchev–Trinajstić information content (AvgIpc) is 3.03. The normalized spacial score (nSPS) is 14.5. The molecule has 0 bridgehead atoms. The molecule has 1 aromatic heterocycles. The van der Waals surface area contributed by atoms with E-state index in [9.17, 15) is 9.59 Å². The highest BCUT2D eigenvalue weighted by molar-refractivity contribution is 6.00. The van der Waals surface area contributed by atoms with Crippen LogP contribution in [0.5, 0.6) is 0 Å². The Morgan fingerprint density at radius 3 is 2.38 bits per heavy atom. The molecule has 1 aromatic carbocycles. The molecule has 0 spiro atoms. The molecule has 2 heterocycles. The largest absolute Gasteiger partial charge is 0.462 e. The number of hydrogen-bond donors (Lipinski definition) is 1. The van der Waals surface area contributed by atoms with Gasteiger partial charge in [0.15, 0.2) is 0 Å². The number of aryl methyl sites for hydroxylation is 1. The number of aromatic amines is 1. The van der Waals surface area contributed by atoms with Gasteiger partial charge in [0.1, 0.15) is 5.69 Å². The zero-order valence-corrected chi connectivity index (χ0v) is 17.1. The van der Waals surface area contributed by atoms with Crippen molar-refractivity contribution in [3.63, 3.8) is 0 Å². The van der Waals surface area contributed by atoms with Crippen molar-refractivity contribution in [2.24, 2.45) is 0 Å². The van der Waals surface area contributed by atoms with E-state index in [0.717, 1.165) is 25.2 Å². The minimum absolute atomic E-state index is 0.0841. The smallest absolute Gasteiger partial charge is 0.340 e. The third kappa shape index (κ3) is 4.49. The summed E-state index contributed by atoms with van der Waals surface area (Å²) in [6.07, 6.45) is 0. The highest BCUT2D eigenvalue weighted by Gasteiger charge is 2.28. The SMILES string of the molecule is CCOC(=O)c1c(C)[nH]c(C(=O)N2CCN(Cc3ccc(C#N)cc3)CC2)c1C.